The van der Waals surface area contributed by atoms with Crippen LogP contribution in [0.4, 0.5) is 0 Å². The predicted molar refractivity (Wildman–Crippen MR) is 81.9 cm³/mol. The molecular formula is C15H22N2OS. The number of thioether (sulfide) groups is 1. The fourth-order valence-corrected chi connectivity index (χ4v) is 3.97. The van der Waals surface area contributed by atoms with Crippen molar-refractivity contribution in [2.45, 2.75) is 18.9 Å². The monoisotopic (exact) mass is 278 g/mol. The van der Waals surface area contributed by atoms with E-state index in [1.807, 2.05) is 43.0 Å². The van der Waals surface area contributed by atoms with Crippen molar-refractivity contribution in [1.82, 2.24) is 10.2 Å². The maximum atomic E-state index is 12.3. The number of rotatable bonds is 4. The maximum Gasteiger partial charge on any atom is 0.251 e. The van der Waals surface area contributed by atoms with Crippen molar-refractivity contribution in [3.05, 3.63) is 35.4 Å². The van der Waals surface area contributed by atoms with Crippen LogP contribution >= 0.6 is 11.8 Å². The Hall–Kier alpha value is -1.00. The lowest BCUT2D eigenvalue weighted by Gasteiger charge is -2.35. The van der Waals surface area contributed by atoms with E-state index in [4.69, 9.17) is 0 Å². The highest BCUT2D eigenvalue weighted by molar-refractivity contribution is 7.99. The first-order valence-electron chi connectivity index (χ1n) is 6.64. The second-order valence-electron chi connectivity index (χ2n) is 5.42. The SMILES string of the molecule is Cc1ccccc1C(=O)NCC1(N(C)C)CCSC1. The highest BCUT2D eigenvalue weighted by Gasteiger charge is 2.36. The fraction of sp³-hybridized carbons (Fsp3) is 0.533. The normalized spacial score (nSPS) is 22.7. The van der Waals surface area contributed by atoms with Gasteiger partial charge in [-0.2, -0.15) is 11.8 Å². The minimum Gasteiger partial charge on any atom is -0.350 e. The van der Waals surface area contributed by atoms with Crippen LogP contribution in [0.1, 0.15) is 22.3 Å². The molecule has 4 heteroatoms. The second kappa shape index (κ2) is 5.97. The lowest BCUT2D eigenvalue weighted by molar-refractivity contribution is 0.0913. The smallest absolute Gasteiger partial charge is 0.251 e. The summed E-state index contributed by atoms with van der Waals surface area (Å²) in [6.45, 7) is 2.70. The number of amides is 1. The molecule has 1 saturated heterocycles. The van der Waals surface area contributed by atoms with Gasteiger partial charge in [-0.15, -0.1) is 0 Å². The van der Waals surface area contributed by atoms with Crippen LogP contribution in [-0.2, 0) is 0 Å². The zero-order valence-electron chi connectivity index (χ0n) is 11.9. The summed E-state index contributed by atoms with van der Waals surface area (Å²) >= 11 is 1.97. The zero-order valence-corrected chi connectivity index (χ0v) is 12.7. The Kier molecular flexibility index (Phi) is 4.53. The van der Waals surface area contributed by atoms with Gasteiger partial charge in [0.1, 0.15) is 0 Å². The number of nitrogens with zero attached hydrogens (tertiary/aromatic N) is 1. The van der Waals surface area contributed by atoms with E-state index in [0.717, 1.165) is 29.8 Å². The first-order chi connectivity index (χ1) is 9.05. The van der Waals surface area contributed by atoms with E-state index in [1.54, 1.807) is 0 Å². The van der Waals surface area contributed by atoms with Crippen LogP contribution in [0, 0.1) is 6.92 Å². The molecule has 104 valence electrons. The molecule has 1 fully saturated rings. The maximum absolute atomic E-state index is 12.3. The molecule has 1 N–H and O–H groups in total. The van der Waals surface area contributed by atoms with Crippen LogP contribution in [0.15, 0.2) is 24.3 Å². The number of hydrogen-bond acceptors (Lipinski definition) is 3. The molecule has 3 nitrogen and oxygen atoms in total. The Bertz CT molecular complexity index is 453. The minimum atomic E-state index is 0.0382. The van der Waals surface area contributed by atoms with E-state index in [1.165, 1.54) is 5.75 Å². The van der Waals surface area contributed by atoms with Crippen molar-refractivity contribution >= 4 is 17.7 Å². The number of aryl methyl sites for hydroxylation is 1. The highest BCUT2D eigenvalue weighted by Crippen LogP contribution is 2.31. The first kappa shape index (κ1) is 14.4. The Labute approximate surface area is 119 Å². The zero-order chi connectivity index (χ0) is 13.9. The molecule has 19 heavy (non-hydrogen) atoms. The third-order valence-corrected chi connectivity index (χ3v) is 5.23. The van der Waals surface area contributed by atoms with Crippen LogP contribution in [-0.4, -0.2) is 48.5 Å². The van der Waals surface area contributed by atoms with E-state index in [-0.39, 0.29) is 11.4 Å². The van der Waals surface area contributed by atoms with Gasteiger partial charge in [0.2, 0.25) is 0 Å². The lowest BCUT2D eigenvalue weighted by atomic mass is 9.97. The molecule has 1 aliphatic heterocycles. The van der Waals surface area contributed by atoms with Crippen molar-refractivity contribution in [2.75, 3.05) is 32.1 Å². The summed E-state index contributed by atoms with van der Waals surface area (Å²) in [4.78, 5) is 14.5. The number of nitrogens with one attached hydrogen (secondary N) is 1. The van der Waals surface area contributed by atoms with Gasteiger partial charge in [-0.05, 0) is 44.8 Å². The van der Waals surface area contributed by atoms with Gasteiger partial charge in [-0.3, -0.25) is 4.79 Å². The van der Waals surface area contributed by atoms with Gasteiger partial charge < -0.3 is 10.2 Å². The Morgan fingerprint density at radius 2 is 2.16 bits per heavy atom. The lowest BCUT2D eigenvalue weighted by Crippen LogP contribution is -2.53. The molecule has 0 aliphatic carbocycles. The summed E-state index contributed by atoms with van der Waals surface area (Å²) in [7, 11) is 4.21. The summed E-state index contributed by atoms with van der Waals surface area (Å²) in [6.07, 6.45) is 1.14. The molecule has 1 unspecified atom stereocenters. The van der Waals surface area contributed by atoms with Gasteiger partial charge in [-0.1, -0.05) is 18.2 Å². The van der Waals surface area contributed by atoms with Crippen LogP contribution < -0.4 is 5.32 Å². The summed E-state index contributed by atoms with van der Waals surface area (Å²) in [5, 5.41) is 3.11. The summed E-state index contributed by atoms with van der Waals surface area (Å²) < 4.78 is 0. The molecule has 0 saturated carbocycles. The first-order valence-corrected chi connectivity index (χ1v) is 7.80. The molecule has 2 rings (SSSR count). The van der Waals surface area contributed by atoms with Crippen molar-refractivity contribution < 1.29 is 4.79 Å². The summed E-state index contributed by atoms with van der Waals surface area (Å²) in [5.74, 6) is 2.31. The molecule has 1 atom stereocenters. The Morgan fingerprint density at radius 3 is 2.74 bits per heavy atom. The Balaban J connectivity index is 2.02. The Morgan fingerprint density at radius 1 is 1.42 bits per heavy atom. The number of hydrogen-bond donors (Lipinski definition) is 1. The molecule has 0 aromatic heterocycles. The minimum absolute atomic E-state index is 0.0382. The fourth-order valence-electron chi connectivity index (χ4n) is 2.41. The van der Waals surface area contributed by atoms with E-state index >= 15 is 0 Å². The molecule has 0 bridgehead atoms. The van der Waals surface area contributed by atoms with E-state index < -0.39 is 0 Å². The topological polar surface area (TPSA) is 32.3 Å². The van der Waals surface area contributed by atoms with Gasteiger partial charge in [0.15, 0.2) is 0 Å². The average Bonchev–Trinajstić information content (AvgIpc) is 2.86. The molecule has 1 heterocycles. The summed E-state index contributed by atoms with van der Waals surface area (Å²) in [6, 6.07) is 7.73. The van der Waals surface area contributed by atoms with Gasteiger partial charge in [-0.25, -0.2) is 0 Å². The van der Waals surface area contributed by atoms with E-state index in [0.29, 0.717) is 0 Å². The van der Waals surface area contributed by atoms with Crippen LogP contribution in [0.3, 0.4) is 0 Å². The molecule has 1 aromatic carbocycles. The molecule has 0 spiro atoms. The molecular weight excluding hydrogens is 256 g/mol. The van der Waals surface area contributed by atoms with E-state index in [9.17, 15) is 4.79 Å². The number of benzene rings is 1. The molecule has 0 radical (unpaired) electrons. The summed E-state index contributed by atoms with van der Waals surface area (Å²) in [5.41, 5.74) is 1.92. The third kappa shape index (κ3) is 3.12. The third-order valence-electron chi connectivity index (χ3n) is 4.00. The van der Waals surface area contributed by atoms with Crippen molar-refractivity contribution in [3.63, 3.8) is 0 Å². The molecule has 1 amide bonds. The van der Waals surface area contributed by atoms with Gasteiger partial charge in [0.25, 0.3) is 5.91 Å². The molecule has 1 aliphatic rings. The van der Waals surface area contributed by atoms with Crippen LogP contribution in [0.2, 0.25) is 0 Å². The quantitative estimate of drug-likeness (QED) is 0.916. The second-order valence-corrected chi connectivity index (χ2v) is 6.52. The van der Waals surface area contributed by atoms with Crippen LogP contribution in [0.25, 0.3) is 0 Å². The van der Waals surface area contributed by atoms with Gasteiger partial charge >= 0.3 is 0 Å². The van der Waals surface area contributed by atoms with Crippen molar-refractivity contribution in [3.8, 4) is 0 Å². The average molecular weight is 278 g/mol. The van der Waals surface area contributed by atoms with Crippen molar-refractivity contribution in [2.24, 2.45) is 0 Å². The van der Waals surface area contributed by atoms with Gasteiger partial charge in [0.05, 0.1) is 0 Å². The number of carbonyl (C=O) groups excluding carboxylic acids is 1. The van der Waals surface area contributed by atoms with Crippen LogP contribution in [0.5, 0.6) is 0 Å². The predicted octanol–water partition coefficient (Wildman–Crippen LogP) is 2.16. The largest absolute Gasteiger partial charge is 0.350 e. The van der Waals surface area contributed by atoms with Crippen molar-refractivity contribution in [1.29, 1.82) is 0 Å². The highest BCUT2D eigenvalue weighted by atomic mass is 32.2. The molecule has 1 aromatic rings. The standard InChI is InChI=1S/C15H22N2OS/c1-12-6-4-5-7-13(12)14(18)16-10-15(17(2)3)8-9-19-11-15/h4-7H,8-11H2,1-3H3,(H,16,18). The number of carbonyl (C=O) groups is 1. The van der Waals surface area contributed by atoms with Gasteiger partial charge in [0, 0.05) is 23.4 Å². The van der Waals surface area contributed by atoms with E-state index in [2.05, 4.69) is 24.3 Å². The number of likely N-dealkylation sites (N-methyl/N-ethyl adjacent to an activating group) is 1.